The number of carbonyl (C=O) groups is 1. The number of carbonyl (C=O) groups excluding carboxylic acids is 1. The summed E-state index contributed by atoms with van der Waals surface area (Å²) in [6.07, 6.45) is 1.69. The lowest BCUT2D eigenvalue weighted by molar-refractivity contribution is -0.0873. The van der Waals surface area contributed by atoms with E-state index in [1.807, 2.05) is 36.4 Å². The highest BCUT2D eigenvalue weighted by atomic mass is 16.5. The van der Waals surface area contributed by atoms with Gasteiger partial charge in [-0.1, -0.05) is 54.6 Å². The second kappa shape index (κ2) is 7.46. The van der Waals surface area contributed by atoms with E-state index < -0.39 is 0 Å². The Morgan fingerprint density at radius 3 is 2.43 bits per heavy atom. The first-order chi connectivity index (χ1) is 13.8. The van der Waals surface area contributed by atoms with Crippen LogP contribution in [0.4, 0.5) is 0 Å². The summed E-state index contributed by atoms with van der Waals surface area (Å²) in [5.74, 6) is 0.210. The minimum absolute atomic E-state index is 0.0274. The molecule has 0 radical (unpaired) electrons. The van der Waals surface area contributed by atoms with E-state index in [1.165, 1.54) is 5.56 Å². The van der Waals surface area contributed by atoms with E-state index in [0.717, 1.165) is 30.3 Å². The Morgan fingerprint density at radius 2 is 1.64 bits per heavy atom. The first kappa shape index (κ1) is 17.5. The zero-order valence-corrected chi connectivity index (χ0v) is 15.8. The highest BCUT2D eigenvalue weighted by Crippen LogP contribution is 2.34. The van der Waals surface area contributed by atoms with Gasteiger partial charge in [-0.3, -0.25) is 9.69 Å². The maximum atomic E-state index is 13.2. The van der Waals surface area contributed by atoms with Crippen molar-refractivity contribution in [1.82, 2.24) is 9.88 Å². The van der Waals surface area contributed by atoms with Crippen LogP contribution in [0.25, 0.3) is 10.9 Å². The summed E-state index contributed by atoms with van der Waals surface area (Å²) in [5, 5.41) is 1.07. The van der Waals surface area contributed by atoms with Gasteiger partial charge >= 0.3 is 0 Å². The zero-order valence-electron chi connectivity index (χ0n) is 15.8. The normalized spacial score (nSPS) is 24.9. The van der Waals surface area contributed by atoms with Gasteiger partial charge in [0.15, 0.2) is 5.78 Å². The Labute approximate surface area is 165 Å². The Kier molecular flexibility index (Phi) is 4.67. The molecule has 2 unspecified atom stereocenters. The van der Waals surface area contributed by atoms with Crippen molar-refractivity contribution in [1.29, 1.82) is 0 Å². The molecule has 0 saturated carbocycles. The average Bonchev–Trinajstić information content (AvgIpc) is 2.73. The quantitative estimate of drug-likeness (QED) is 0.647. The van der Waals surface area contributed by atoms with Crippen molar-refractivity contribution >= 4 is 16.7 Å². The number of nitrogens with zero attached hydrogens (tertiary/aromatic N) is 2. The highest BCUT2D eigenvalue weighted by molar-refractivity contribution is 5.98. The summed E-state index contributed by atoms with van der Waals surface area (Å²) in [7, 11) is 0. The predicted molar refractivity (Wildman–Crippen MR) is 109 cm³/mol. The SMILES string of the molecule is O=C(c1ccc2ccccc2n1)C1CC2COCC(C1)N2Cc1ccccc1. The summed E-state index contributed by atoms with van der Waals surface area (Å²) >= 11 is 0. The van der Waals surface area contributed by atoms with Gasteiger partial charge in [-0.05, 0) is 30.5 Å². The lowest BCUT2D eigenvalue weighted by atomic mass is 9.81. The third kappa shape index (κ3) is 3.34. The second-order valence-corrected chi connectivity index (χ2v) is 7.92. The van der Waals surface area contributed by atoms with E-state index >= 15 is 0 Å². The minimum atomic E-state index is 0.0274. The largest absolute Gasteiger partial charge is 0.378 e. The van der Waals surface area contributed by atoms with Gasteiger partial charge in [0, 0.05) is 29.9 Å². The summed E-state index contributed by atoms with van der Waals surface area (Å²) < 4.78 is 5.83. The molecule has 5 rings (SSSR count). The van der Waals surface area contributed by atoms with Crippen LogP contribution in [0.1, 0.15) is 28.9 Å². The van der Waals surface area contributed by atoms with Gasteiger partial charge < -0.3 is 4.74 Å². The number of aromatic nitrogens is 1. The topological polar surface area (TPSA) is 42.4 Å². The molecule has 2 aliphatic heterocycles. The van der Waals surface area contributed by atoms with Gasteiger partial charge in [0.2, 0.25) is 0 Å². The zero-order chi connectivity index (χ0) is 18.9. The van der Waals surface area contributed by atoms with Crippen LogP contribution in [-0.2, 0) is 11.3 Å². The summed E-state index contributed by atoms with van der Waals surface area (Å²) in [6, 6.07) is 23.0. The molecule has 0 amide bonds. The van der Waals surface area contributed by atoms with E-state index in [0.29, 0.717) is 31.0 Å². The summed E-state index contributed by atoms with van der Waals surface area (Å²) in [6.45, 7) is 2.34. The molecule has 28 heavy (non-hydrogen) atoms. The number of para-hydroxylation sites is 1. The van der Waals surface area contributed by atoms with Crippen LogP contribution in [-0.4, -0.2) is 41.0 Å². The van der Waals surface area contributed by atoms with E-state index in [1.54, 1.807) is 0 Å². The van der Waals surface area contributed by atoms with Crippen LogP contribution in [0.3, 0.4) is 0 Å². The Hall–Kier alpha value is -2.56. The van der Waals surface area contributed by atoms with Gasteiger partial charge in [-0.15, -0.1) is 0 Å². The molecule has 2 bridgehead atoms. The standard InChI is InChI=1S/C24H24N2O2/c27-24(23-11-10-18-8-4-5-9-22(18)25-23)19-12-20-15-28-16-21(13-19)26(20)14-17-6-2-1-3-7-17/h1-11,19-21H,12-16H2. The van der Waals surface area contributed by atoms with Crippen molar-refractivity contribution in [2.45, 2.75) is 31.5 Å². The molecule has 2 fully saturated rings. The molecule has 2 atom stereocenters. The van der Waals surface area contributed by atoms with E-state index in [-0.39, 0.29) is 11.7 Å². The number of Topliss-reactive ketones (excluding diaryl/α,β-unsaturated/α-hetero) is 1. The number of fused-ring (bicyclic) bond motifs is 3. The number of pyridine rings is 1. The fourth-order valence-corrected chi connectivity index (χ4v) is 4.67. The lowest BCUT2D eigenvalue weighted by Crippen LogP contribution is -2.57. The van der Waals surface area contributed by atoms with E-state index in [2.05, 4.69) is 40.2 Å². The molecule has 3 aromatic rings. The van der Waals surface area contributed by atoms with Crippen LogP contribution in [0.5, 0.6) is 0 Å². The van der Waals surface area contributed by atoms with Crippen LogP contribution in [0.2, 0.25) is 0 Å². The molecule has 0 spiro atoms. The molecule has 0 aliphatic carbocycles. The first-order valence-corrected chi connectivity index (χ1v) is 10.1. The number of ketones is 1. The van der Waals surface area contributed by atoms with Gasteiger partial charge in [0.1, 0.15) is 5.69 Å². The fourth-order valence-electron chi connectivity index (χ4n) is 4.67. The van der Waals surface area contributed by atoms with Crippen molar-refractivity contribution in [2.24, 2.45) is 5.92 Å². The van der Waals surface area contributed by atoms with Gasteiger partial charge in [0.05, 0.1) is 18.7 Å². The number of hydrogen-bond acceptors (Lipinski definition) is 4. The van der Waals surface area contributed by atoms with Crippen molar-refractivity contribution in [2.75, 3.05) is 13.2 Å². The third-order valence-corrected chi connectivity index (χ3v) is 6.10. The van der Waals surface area contributed by atoms with Crippen LogP contribution in [0, 0.1) is 5.92 Å². The minimum Gasteiger partial charge on any atom is -0.378 e. The van der Waals surface area contributed by atoms with E-state index in [9.17, 15) is 4.79 Å². The Balaban J connectivity index is 1.35. The molecule has 4 nitrogen and oxygen atoms in total. The van der Waals surface area contributed by atoms with Crippen molar-refractivity contribution in [3.05, 3.63) is 78.0 Å². The number of morpholine rings is 1. The van der Waals surface area contributed by atoms with Crippen LogP contribution < -0.4 is 0 Å². The number of ether oxygens (including phenoxy) is 1. The average molecular weight is 372 g/mol. The molecular formula is C24H24N2O2. The molecule has 2 aliphatic rings. The second-order valence-electron chi connectivity index (χ2n) is 7.92. The molecule has 4 heteroatoms. The maximum absolute atomic E-state index is 13.2. The van der Waals surface area contributed by atoms with Crippen LogP contribution in [0.15, 0.2) is 66.7 Å². The molecule has 1 aromatic heterocycles. The molecule has 2 saturated heterocycles. The van der Waals surface area contributed by atoms with E-state index in [4.69, 9.17) is 4.74 Å². The predicted octanol–water partition coefficient (Wildman–Crippen LogP) is 4.10. The number of hydrogen-bond donors (Lipinski definition) is 0. The highest BCUT2D eigenvalue weighted by Gasteiger charge is 2.41. The van der Waals surface area contributed by atoms with Crippen molar-refractivity contribution in [3.8, 4) is 0 Å². The summed E-state index contributed by atoms with van der Waals surface area (Å²) in [5.41, 5.74) is 2.80. The fraction of sp³-hybridized carbons (Fsp3) is 0.333. The Bertz CT molecular complexity index is 974. The molecule has 142 valence electrons. The van der Waals surface area contributed by atoms with Crippen LogP contribution >= 0.6 is 0 Å². The first-order valence-electron chi connectivity index (χ1n) is 10.1. The number of benzene rings is 2. The molecule has 3 heterocycles. The van der Waals surface area contributed by atoms with Crippen molar-refractivity contribution < 1.29 is 9.53 Å². The summed E-state index contributed by atoms with van der Waals surface area (Å²) in [4.78, 5) is 20.4. The monoisotopic (exact) mass is 372 g/mol. The van der Waals surface area contributed by atoms with Gasteiger partial charge in [-0.2, -0.15) is 0 Å². The number of piperidine rings is 1. The van der Waals surface area contributed by atoms with Gasteiger partial charge in [-0.25, -0.2) is 4.98 Å². The smallest absolute Gasteiger partial charge is 0.184 e. The molecule has 0 N–H and O–H groups in total. The third-order valence-electron chi connectivity index (χ3n) is 6.10. The molecular weight excluding hydrogens is 348 g/mol. The lowest BCUT2D eigenvalue weighted by Gasteiger charge is -2.48. The van der Waals surface area contributed by atoms with Crippen molar-refractivity contribution in [3.63, 3.8) is 0 Å². The molecule has 2 aromatic carbocycles. The maximum Gasteiger partial charge on any atom is 0.184 e. The Morgan fingerprint density at radius 1 is 0.929 bits per heavy atom. The number of rotatable bonds is 4. The van der Waals surface area contributed by atoms with Gasteiger partial charge in [0.25, 0.3) is 0 Å².